The molecule has 0 radical (unpaired) electrons. The van der Waals surface area contributed by atoms with E-state index in [1.165, 1.54) is 0 Å². The standard InChI is InChI=1S/C25H25N5O4S/c1-16-23-21(25(31)27-14-17-6-9-26-10-7-17)13-22(18-4-3-5-20(12-18)34-2)28-24(23)30(29-16)19-8-11-35(32,33)15-19/h3-7,9-10,12-13,19H,8,11,14-15H2,1-2H3,(H,27,31)/t19-/m1/s1. The second kappa shape index (κ2) is 9.10. The first-order chi connectivity index (χ1) is 16.8. The van der Waals surface area contributed by atoms with Crippen molar-refractivity contribution in [2.45, 2.75) is 25.9 Å². The van der Waals surface area contributed by atoms with E-state index in [2.05, 4.69) is 15.4 Å². The van der Waals surface area contributed by atoms with Gasteiger partial charge in [0.1, 0.15) is 5.75 Å². The van der Waals surface area contributed by atoms with Crippen LogP contribution < -0.4 is 10.1 Å². The first-order valence-electron chi connectivity index (χ1n) is 11.3. The highest BCUT2D eigenvalue weighted by atomic mass is 32.2. The fourth-order valence-electron chi connectivity index (χ4n) is 4.42. The molecule has 3 aromatic heterocycles. The predicted octanol–water partition coefficient (Wildman–Crippen LogP) is 3.10. The summed E-state index contributed by atoms with van der Waals surface area (Å²) in [5.41, 5.74) is 3.84. The molecule has 0 spiro atoms. The number of aromatic nitrogens is 4. The Kier molecular flexibility index (Phi) is 5.98. The number of methoxy groups -OCH3 is 1. The van der Waals surface area contributed by atoms with Gasteiger partial charge in [0.05, 0.1) is 47.0 Å². The maximum atomic E-state index is 13.4. The normalized spacial score (nSPS) is 16.9. The minimum atomic E-state index is -3.13. The maximum Gasteiger partial charge on any atom is 0.252 e. The minimum absolute atomic E-state index is 0.0118. The lowest BCUT2D eigenvalue weighted by molar-refractivity contribution is 0.0952. The molecule has 35 heavy (non-hydrogen) atoms. The highest BCUT2D eigenvalue weighted by Gasteiger charge is 2.32. The number of carbonyl (C=O) groups is 1. The van der Waals surface area contributed by atoms with Gasteiger partial charge in [-0.15, -0.1) is 0 Å². The average Bonchev–Trinajstić information content (AvgIpc) is 3.41. The largest absolute Gasteiger partial charge is 0.497 e. The molecule has 180 valence electrons. The van der Waals surface area contributed by atoms with E-state index in [1.54, 1.807) is 30.3 Å². The second-order valence-electron chi connectivity index (χ2n) is 8.61. The Balaban J connectivity index is 1.63. The van der Waals surface area contributed by atoms with Crippen molar-refractivity contribution in [3.63, 3.8) is 0 Å². The number of benzene rings is 1. The van der Waals surface area contributed by atoms with E-state index in [1.807, 2.05) is 43.3 Å². The number of rotatable bonds is 6. The summed E-state index contributed by atoms with van der Waals surface area (Å²) in [4.78, 5) is 22.3. The molecule has 1 aromatic carbocycles. The van der Waals surface area contributed by atoms with Gasteiger partial charge in [-0.3, -0.25) is 9.78 Å². The lowest BCUT2D eigenvalue weighted by Crippen LogP contribution is -2.23. The number of nitrogens with zero attached hydrogens (tertiary/aromatic N) is 4. The number of amides is 1. The van der Waals surface area contributed by atoms with Crippen LogP contribution in [0.2, 0.25) is 0 Å². The van der Waals surface area contributed by atoms with Gasteiger partial charge in [0.25, 0.3) is 5.91 Å². The summed E-state index contributed by atoms with van der Waals surface area (Å²) >= 11 is 0. The van der Waals surface area contributed by atoms with Crippen LogP contribution in [-0.4, -0.2) is 52.7 Å². The number of hydrogen-bond acceptors (Lipinski definition) is 7. The number of hydrogen-bond donors (Lipinski definition) is 1. The molecule has 1 fully saturated rings. The molecule has 1 N–H and O–H groups in total. The van der Waals surface area contributed by atoms with Crippen molar-refractivity contribution in [3.05, 3.63) is 71.7 Å². The van der Waals surface area contributed by atoms with Crippen LogP contribution in [0.4, 0.5) is 0 Å². The zero-order valence-corrected chi connectivity index (χ0v) is 20.2. The minimum Gasteiger partial charge on any atom is -0.497 e. The molecule has 1 saturated heterocycles. The average molecular weight is 492 g/mol. The topological polar surface area (TPSA) is 116 Å². The molecule has 0 unspecified atom stereocenters. The van der Waals surface area contributed by atoms with Gasteiger partial charge in [-0.2, -0.15) is 5.10 Å². The van der Waals surface area contributed by atoms with Gasteiger partial charge < -0.3 is 10.1 Å². The van der Waals surface area contributed by atoms with Gasteiger partial charge >= 0.3 is 0 Å². The number of fused-ring (bicyclic) bond motifs is 1. The highest BCUT2D eigenvalue weighted by Crippen LogP contribution is 2.32. The number of sulfone groups is 1. The second-order valence-corrected chi connectivity index (χ2v) is 10.8. The van der Waals surface area contributed by atoms with Gasteiger partial charge in [-0.05, 0) is 49.2 Å². The van der Waals surface area contributed by atoms with Crippen LogP contribution in [0.25, 0.3) is 22.3 Å². The Hall–Kier alpha value is -3.79. The third-order valence-corrected chi connectivity index (χ3v) is 7.95. The molecule has 1 aliphatic heterocycles. The summed E-state index contributed by atoms with van der Waals surface area (Å²) in [5, 5.41) is 8.24. The Morgan fingerprint density at radius 1 is 1.20 bits per heavy atom. The van der Waals surface area contributed by atoms with Crippen LogP contribution >= 0.6 is 0 Å². The summed E-state index contributed by atoms with van der Waals surface area (Å²) in [6.07, 6.45) is 3.82. The fraction of sp³-hybridized carbons (Fsp3) is 0.280. The molecule has 10 heteroatoms. The zero-order chi connectivity index (χ0) is 24.6. The molecule has 0 bridgehead atoms. The summed E-state index contributed by atoms with van der Waals surface area (Å²) in [6, 6.07) is 12.5. The molecule has 1 aliphatic rings. The monoisotopic (exact) mass is 491 g/mol. The number of aryl methyl sites for hydroxylation is 1. The van der Waals surface area contributed by atoms with Crippen LogP contribution in [0, 0.1) is 6.92 Å². The van der Waals surface area contributed by atoms with Crippen molar-refractivity contribution in [2.75, 3.05) is 18.6 Å². The fourth-order valence-corrected chi connectivity index (χ4v) is 6.12. The van der Waals surface area contributed by atoms with E-state index >= 15 is 0 Å². The van der Waals surface area contributed by atoms with Crippen LogP contribution in [0.5, 0.6) is 5.75 Å². The van der Waals surface area contributed by atoms with Crippen molar-refractivity contribution < 1.29 is 17.9 Å². The molecule has 1 amide bonds. The number of carbonyl (C=O) groups excluding carboxylic acids is 1. The third-order valence-electron chi connectivity index (χ3n) is 6.20. The lowest BCUT2D eigenvalue weighted by atomic mass is 10.0. The van der Waals surface area contributed by atoms with E-state index in [4.69, 9.17) is 9.72 Å². The molecule has 9 nitrogen and oxygen atoms in total. The van der Waals surface area contributed by atoms with Gasteiger partial charge in [-0.25, -0.2) is 18.1 Å². The number of pyridine rings is 2. The molecular formula is C25H25N5O4S. The van der Waals surface area contributed by atoms with Gasteiger partial charge in [0.2, 0.25) is 0 Å². The molecule has 0 saturated carbocycles. The number of ether oxygens (including phenoxy) is 1. The van der Waals surface area contributed by atoms with Crippen molar-refractivity contribution >= 4 is 26.8 Å². The summed E-state index contributed by atoms with van der Waals surface area (Å²) in [6.45, 7) is 2.16. The third kappa shape index (κ3) is 4.61. The first-order valence-corrected chi connectivity index (χ1v) is 13.1. The van der Waals surface area contributed by atoms with Gasteiger partial charge in [0.15, 0.2) is 15.5 Å². The molecule has 1 atom stereocenters. The summed E-state index contributed by atoms with van der Waals surface area (Å²) < 4.78 is 31.4. The van der Waals surface area contributed by atoms with Crippen molar-refractivity contribution in [1.29, 1.82) is 0 Å². The van der Waals surface area contributed by atoms with Gasteiger partial charge in [0, 0.05) is 24.5 Å². The van der Waals surface area contributed by atoms with Gasteiger partial charge in [-0.1, -0.05) is 12.1 Å². The molecule has 4 aromatic rings. The van der Waals surface area contributed by atoms with E-state index < -0.39 is 9.84 Å². The van der Waals surface area contributed by atoms with E-state index in [9.17, 15) is 13.2 Å². The Morgan fingerprint density at radius 3 is 2.71 bits per heavy atom. The van der Waals surface area contributed by atoms with Crippen molar-refractivity contribution in [2.24, 2.45) is 0 Å². The van der Waals surface area contributed by atoms with Crippen LogP contribution in [-0.2, 0) is 16.4 Å². The molecule has 0 aliphatic carbocycles. The zero-order valence-electron chi connectivity index (χ0n) is 19.4. The van der Waals surface area contributed by atoms with E-state index in [0.717, 1.165) is 11.1 Å². The molecule has 5 rings (SSSR count). The smallest absolute Gasteiger partial charge is 0.252 e. The van der Waals surface area contributed by atoms with Crippen LogP contribution in [0.3, 0.4) is 0 Å². The summed E-state index contributed by atoms with van der Waals surface area (Å²) in [7, 11) is -1.54. The Labute approximate surface area is 203 Å². The highest BCUT2D eigenvalue weighted by molar-refractivity contribution is 7.91. The SMILES string of the molecule is COc1cccc(-c2cc(C(=O)NCc3ccncc3)c3c(C)nn([C@@H]4CCS(=O)(=O)C4)c3n2)c1. The Morgan fingerprint density at radius 2 is 2.00 bits per heavy atom. The van der Waals surface area contributed by atoms with Crippen LogP contribution in [0.15, 0.2) is 54.9 Å². The molecular weight excluding hydrogens is 466 g/mol. The number of nitrogens with one attached hydrogen (secondary N) is 1. The van der Waals surface area contributed by atoms with E-state index in [0.29, 0.717) is 46.7 Å². The maximum absolute atomic E-state index is 13.4. The van der Waals surface area contributed by atoms with Crippen molar-refractivity contribution in [1.82, 2.24) is 25.1 Å². The summed E-state index contributed by atoms with van der Waals surface area (Å²) in [5.74, 6) is 0.532. The molecule has 4 heterocycles. The lowest BCUT2D eigenvalue weighted by Gasteiger charge is -2.13. The quantitative estimate of drug-likeness (QED) is 0.441. The first kappa shape index (κ1) is 23.0. The van der Waals surface area contributed by atoms with E-state index in [-0.39, 0.29) is 23.5 Å². The van der Waals surface area contributed by atoms with Crippen molar-refractivity contribution in [3.8, 4) is 17.0 Å². The predicted molar refractivity (Wildman–Crippen MR) is 132 cm³/mol. The Bertz CT molecular complexity index is 1520. The van der Waals surface area contributed by atoms with Crippen LogP contribution in [0.1, 0.15) is 34.1 Å².